The van der Waals surface area contributed by atoms with E-state index in [-0.39, 0.29) is 30.3 Å². The van der Waals surface area contributed by atoms with E-state index >= 15 is 0 Å². The van der Waals surface area contributed by atoms with Crippen LogP contribution in [-0.4, -0.2) is 52.2 Å². The maximum Gasteiger partial charge on any atom is 0.317 e. The molecular weight excluding hydrogens is 310 g/mol. The van der Waals surface area contributed by atoms with Crippen molar-refractivity contribution in [3.63, 3.8) is 0 Å². The van der Waals surface area contributed by atoms with Crippen molar-refractivity contribution < 1.29 is 19.2 Å². The van der Waals surface area contributed by atoms with Gasteiger partial charge in [-0.3, -0.25) is 14.5 Å². The first-order chi connectivity index (χ1) is 11.6. The van der Waals surface area contributed by atoms with Gasteiger partial charge in [0.25, 0.3) is 5.91 Å². The molecule has 24 heavy (non-hydrogen) atoms. The third kappa shape index (κ3) is 3.61. The van der Waals surface area contributed by atoms with Gasteiger partial charge in [0.05, 0.1) is 12.2 Å². The molecular formula is C17H23N3O4. The van der Waals surface area contributed by atoms with Gasteiger partial charge in [-0.25, -0.2) is 0 Å². The average Bonchev–Trinajstić information content (AvgIpc) is 3.42. The Labute approximate surface area is 140 Å². The Morgan fingerprint density at radius 3 is 2.67 bits per heavy atom. The van der Waals surface area contributed by atoms with Crippen LogP contribution in [0.15, 0.2) is 10.6 Å². The Hall–Kier alpha value is -1.89. The first kappa shape index (κ1) is 15.6. The third-order valence-electron chi connectivity index (χ3n) is 5.24. The molecule has 0 radical (unpaired) electrons. The van der Waals surface area contributed by atoms with Crippen LogP contribution in [0.2, 0.25) is 0 Å². The number of rotatable bonds is 8. The van der Waals surface area contributed by atoms with Crippen molar-refractivity contribution >= 4 is 11.9 Å². The Kier molecular flexibility index (Phi) is 4.04. The molecule has 0 aliphatic heterocycles. The molecule has 130 valence electrons. The Morgan fingerprint density at radius 1 is 1.29 bits per heavy atom. The van der Waals surface area contributed by atoms with E-state index in [9.17, 15) is 9.59 Å². The van der Waals surface area contributed by atoms with E-state index in [4.69, 9.17) is 9.63 Å². The topological polar surface area (TPSA) is 95.7 Å². The molecule has 1 heterocycles. The number of carbonyl (C=O) groups is 2. The highest BCUT2D eigenvalue weighted by molar-refractivity contribution is 5.91. The van der Waals surface area contributed by atoms with Gasteiger partial charge in [-0.1, -0.05) is 5.16 Å². The van der Waals surface area contributed by atoms with Crippen LogP contribution in [0.1, 0.15) is 60.7 Å². The fourth-order valence-electron chi connectivity index (χ4n) is 3.38. The fraction of sp³-hybridized carbons (Fsp3) is 0.706. The number of aliphatic carboxylic acids is 1. The van der Waals surface area contributed by atoms with Gasteiger partial charge in [-0.05, 0) is 44.4 Å². The summed E-state index contributed by atoms with van der Waals surface area (Å²) in [7, 11) is 0. The lowest BCUT2D eigenvalue weighted by molar-refractivity contribution is -0.139. The lowest BCUT2D eigenvalue weighted by atomic mass is 9.85. The van der Waals surface area contributed by atoms with Crippen LogP contribution >= 0.6 is 0 Å². The zero-order valence-corrected chi connectivity index (χ0v) is 13.6. The van der Waals surface area contributed by atoms with Crippen LogP contribution in [-0.2, 0) is 4.79 Å². The van der Waals surface area contributed by atoms with E-state index in [1.807, 2.05) is 0 Å². The lowest BCUT2D eigenvalue weighted by Gasteiger charge is -2.42. The predicted molar refractivity (Wildman–Crippen MR) is 84.7 cm³/mol. The van der Waals surface area contributed by atoms with E-state index in [2.05, 4.69) is 15.4 Å². The molecule has 3 fully saturated rings. The van der Waals surface area contributed by atoms with Gasteiger partial charge in [0.1, 0.15) is 0 Å². The predicted octanol–water partition coefficient (Wildman–Crippen LogP) is 1.61. The molecule has 2 N–H and O–H groups in total. The first-order valence-electron chi connectivity index (χ1n) is 8.82. The van der Waals surface area contributed by atoms with Gasteiger partial charge in [0.15, 0.2) is 0 Å². The van der Waals surface area contributed by atoms with Crippen LogP contribution < -0.4 is 5.32 Å². The third-order valence-corrected chi connectivity index (χ3v) is 5.24. The minimum Gasteiger partial charge on any atom is -0.480 e. The fourth-order valence-corrected chi connectivity index (χ4v) is 3.38. The minimum absolute atomic E-state index is 0.0903. The van der Waals surface area contributed by atoms with Gasteiger partial charge in [-0.2, -0.15) is 0 Å². The second-order valence-corrected chi connectivity index (χ2v) is 7.45. The molecule has 1 amide bonds. The van der Waals surface area contributed by atoms with Crippen molar-refractivity contribution in [2.45, 2.75) is 56.5 Å². The van der Waals surface area contributed by atoms with E-state index < -0.39 is 5.97 Å². The number of amides is 1. The van der Waals surface area contributed by atoms with Gasteiger partial charge < -0.3 is 14.9 Å². The van der Waals surface area contributed by atoms with Gasteiger partial charge in [0, 0.05) is 30.6 Å². The summed E-state index contributed by atoms with van der Waals surface area (Å²) in [4.78, 5) is 25.3. The van der Waals surface area contributed by atoms with E-state index in [1.54, 1.807) is 6.07 Å². The van der Waals surface area contributed by atoms with E-state index in [0.29, 0.717) is 11.8 Å². The van der Waals surface area contributed by atoms with Crippen molar-refractivity contribution in [2.75, 3.05) is 13.1 Å². The van der Waals surface area contributed by atoms with Crippen LogP contribution in [0.25, 0.3) is 0 Å². The molecule has 1 aromatic rings. The van der Waals surface area contributed by atoms with Crippen molar-refractivity contribution in [2.24, 2.45) is 5.92 Å². The molecule has 1 aromatic heterocycles. The maximum absolute atomic E-state index is 12.2. The van der Waals surface area contributed by atoms with E-state index in [0.717, 1.165) is 37.9 Å². The minimum atomic E-state index is -0.780. The summed E-state index contributed by atoms with van der Waals surface area (Å²) >= 11 is 0. The van der Waals surface area contributed by atoms with Crippen molar-refractivity contribution in [3.05, 3.63) is 17.5 Å². The summed E-state index contributed by atoms with van der Waals surface area (Å²) in [6.45, 7) is 0.958. The Morgan fingerprint density at radius 2 is 2.04 bits per heavy atom. The second-order valence-electron chi connectivity index (χ2n) is 7.45. The lowest BCUT2D eigenvalue weighted by Crippen LogP contribution is -2.55. The van der Waals surface area contributed by atoms with Gasteiger partial charge >= 0.3 is 5.97 Å². The zero-order valence-electron chi connectivity index (χ0n) is 13.6. The summed E-state index contributed by atoms with van der Waals surface area (Å²) in [6.07, 6.45) is 6.26. The molecule has 4 rings (SSSR count). The van der Waals surface area contributed by atoms with Crippen LogP contribution in [0.5, 0.6) is 0 Å². The normalized spacial score (nSPS) is 26.2. The molecule has 7 nitrogen and oxygen atoms in total. The van der Waals surface area contributed by atoms with Crippen LogP contribution in [0, 0.1) is 5.92 Å². The molecule has 0 bridgehead atoms. The average molecular weight is 333 g/mol. The summed E-state index contributed by atoms with van der Waals surface area (Å²) in [6, 6.07) is 2.09. The number of hydrogen-bond acceptors (Lipinski definition) is 5. The number of carboxylic acids is 1. The number of hydrogen-bond donors (Lipinski definition) is 2. The van der Waals surface area contributed by atoms with Crippen molar-refractivity contribution in [1.82, 2.24) is 15.4 Å². The number of carbonyl (C=O) groups excluding carboxylic acids is 1. The Bertz CT molecular complexity index is 630. The Balaban J connectivity index is 1.26. The molecule has 0 atom stereocenters. The molecule has 0 spiro atoms. The highest BCUT2D eigenvalue weighted by Gasteiger charge is 2.38. The quantitative estimate of drug-likeness (QED) is 0.750. The van der Waals surface area contributed by atoms with Crippen molar-refractivity contribution in [3.8, 4) is 0 Å². The SMILES string of the molecule is O=C(O)CN(CC1CC1)C1CC(NC(=O)c2cc(C3CC3)no2)C1. The monoisotopic (exact) mass is 333 g/mol. The molecule has 3 saturated carbocycles. The van der Waals surface area contributed by atoms with Gasteiger partial charge in [0.2, 0.25) is 5.76 Å². The highest BCUT2D eigenvalue weighted by Crippen LogP contribution is 2.39. The zero-order chi connectivity index (χ0) is 16.7. The number of nitrogens with zero attached hydrogens (tertiary/aromatic N) is 2. The van der Waals surface area contributed by atoms with Gasteiger partial charge in [-0.15, -0.1) is 0 Å². The van der Waals surface area contributed by atoms with Crippen LogP contribution in [0.4, 0.5) is 0 Å². The number of aromatic nitrogens is 1. The smallest absolute Gasteiger partial charge is 0.317 e. The molecule has 3 aliphatic carbocycles. The molecule has 0 unspecified atom stereocenters. The second kappa shape index (κ2) is 6.20. The molecule has 3 aliphatic rings. The highest BCUT2D eigenvalue weighted by atomic mass is 16.5. The number of nitrogens with one attached hydrogen (secondary N) is 1. The summed E-state index contributed by atoms with van der Waals surface area (Å²) in [5.41, 5.74) is 0.878. The summed E-state index contributed by atoms with van der Waals surface area (Å²) < 4.78 is 5.13. The van der Waals surface area contributed by atoms with Crippen molar-refractivity contribution in [1.29, 1.82) is 0 Å². The summed E-state index contributed by atoms with van der Waals surface area (Å²) in [5, 5.41) is 16.0. The molecule has 0 aromatic carbocycles. The largest absolute Gasteiger partial charge is 0.480 e. The van der Waals surface area contributed by atoms with E-state index in [1.165, 1.54) is 12.8 Å². The maximum atomic E-state index is 12.2. The first-order valence-corrected chi connectivity index (χ1v) is 8.82. The molecule has 0 saturated heterocycles. The number of carboxylic acid groups (broad SMARTS) is 1. The summed E-state index contributed by atoms with van der Waals surface area (Å²) in [5.74, 6) is 0.409. The molecule has 7 heteroatoms. The standard InChI is InChI=1S/C17H23N3O4/c21-16(22)9-20(8-10-1-2-10)13-5-12(6-13)18-17(23)15-7-14(19-24-15)11-3-4-11/h7,10-13H,1-6,8-9H2,(H,18,23)(H,21,22). The van der Waals surface area contributed by atoms with Crippen LogP contribution in [0.3, 0.4) is 0 Å².